The highest BCUT2D eigenvalue weighted by Gasteiger charge is 2.34. The minimum atomic E-state index is -0.490. The summed E-state index contributed by atoms with van der Waals surface area (Å²) >= 11 is 0. The lowest BCUT2D eigenvalue weighted by molar-refractivity contribution is 0.342. The number of aromatic nitrogens is 10. The molecule has 0 radical (unpaired) electrons. The third-order valence-corrected chi connectivity index (χ3v) is 6.39. The minimum absolute atomic E-state index is 0.177. The average molecular weight is 488 g/mol. The van der Waals surface area contributed by atoms with Crippen LogP contribution in [0.2, 0.25) is 0 Å². The number of aliphatic imine (C=N–C) groups is 1. The number of nitrogens with one attached hydrogen (secondary N) is 1. The summed E-state index contributed by atoms with van der Waals surface area (Å²) in [5.74, 6) is 0.918. The third kappa shape index (κ3) is 4.18. The summed E-state index contributed by atoms with van der Waals surface area (Å²) in [5, 5.41) is 26.6. The van der Waals surface area contributed by atoms with Gasteiger partial charge in [-0.25, -0.2) is 14.0 Å². The summed E-state index contributed by atoms with van der Waals surface area (Å²) in [6.45, 7) is 8.53. The van der Waals surface area contributed by atoms with E-state index in [1.807, 2.05) is 49.9 Å². The van der Waals surface area contributed by atoms with E-state index in [1.165, 1.54) is 0 Å². The number of tetrazole rings is 2. The minimum Gasteiger partial charge on any atom is -0.295 e. The number of allylic oxidation sites excluding steroid dienone is 1. The maximum atomic E-state index is 13.9. The van der Waals surface area contributed by atoms with Gasteiger partial charge in [0.2, 0.25) is 5.82 Å². The first-order valence-electron chi connectivity index (χ1n) is 12.0. The van der Waals surface area contributed by atoms with Crippen LogP contribution in [0.1, 0.15) is 51.8 Å². The molecule has 1 aromatic carbocycles. The Morgan fingerprint density at radius 3 is 2.75 bits per heavy atom. The fraction of sp³-hybridized carbons (Fsp3) is 0.417. The van der Waals surface area contributed by atoms with Crippen molar-refractivity contribution >= 4 is 6.21 Å². The van der Waals surface area contributed by atoms with Crippen molar-refractivity contribution in [1.82, 2.24) is 50.0 Å². The van der Waals surface area contributed by atoms with Crippen LogP contribution in [0.4, 0.5) is 0 Å². The summed E-state index contributed by atoms with van der Waals surface area (Å²) in [7, 11) is 0. The van der Waals surface area contributed by atoms with Crippen molar-refractivity contribution in [2.75, 3.05) is 0 Å². The van der Waals surface area contributed by atoms with Crippen molar-refractivity contribution < 1.29 is 0 Å². The molecule has 0 saturated carbocycles. The van der Waals surface area contributed by atoms with Gasteiger partial charge in [0.1, 0.15) is 0 Å². The van der Waals surface area contributed by atoms with Crippen molar-refractivity contribution in [2.24, 2.45) is 4.99 Å². The Bertz CT molecular complexity index is 1470. The Labute approximate surface area is 207 Å². The molecule has 0 amide bonds. The van der Waals surface area contributed by atoms with Crippen LogP contribution < -0.4 is 5.69 Å². The van der Waals surface area contributed by atoms with Crippen molar-refractivity contribution in [3.8, 4) is 17.3 Å². The zero-order valence-electron chi connectivity index (χ0n) is 20.8. The first kappa shape index (κ1) is 23.5. The summed E-state index contributed by atoms with van der Waals surface area (Å²) in [6.07, 6.45) is 9.91. The van der Waals surface area contributed by atoms with Gasteiger partial charge in [0.15, 0.2) is 0 Å². The topological polar surface area (TPSA) is 137 Å². The standard InChI is InChI=1S/C24H29N11O/c1-5-7-19-15-33(21-28-31-32-35(21)23(2,3)4)22(36)34(19)16-24(10-12-25-13-11-24)18-9-6-8-17(14-18)20-26-29-30-27-20/h6,8-10,12-15H,5,7,11,16H2,1-4H3,(H,26,27,29,30). The number of rotatable bonds is 7. The van der Waals surface area contributed by atoms with Crippen LogP contribution in [0.5, 0.6) is 0 Å². The van der Waals surface area contributed by atoms with E-state index in [9.17, 15) is 4.79 Å². The normalized spacial score (nSPS) is 17.7. The van der Waals surface area contributed by atoms with Gasteiger partial charge in [0, 0.05) is 41.8 Å². The molecule has 1 N–H and O–H groups in total. The van der Waals surface area contributed by atoms with E-state index in [-0.39, 0.29) is 11.2 Å². The van der Waals surface area contributed by atoms with Gasteiger partial charge in [0.25, 0.3) is 5.95 Å². The lowest BCUT2D eigenvalue weighted by Gasteiger charge is -2.32. The molecule has 1 aliphatic heterocycles. The molecule has 186 valence electrons. The molecular weight excluding hydrogens is 458 g/mol. The van der Waals surface area contributed by atoms with Gasteiger partial charge in [-0.1, -0.05) is 42.7 Å². The van der Waals surface area contributed by atoms with E-state index in [1.54, 1.807) is 15.4 Å². The predicted octanol–water partition coefficient (Wildman–Crippen LogP) is 2.44. The second kappa shape index (κ2) is 9.10. The van der Waals surface area contributed by atoms with Crippen molar-refractivity contribution in [3.63, 3.8) is 0 Å². The summed E-state index contributed by atoms with van der Waals surface area (Å²) in [4.78, 5) is 18.2. The number of aryl methyl sites for hydroxylation is 1. The maximum Gasteiger partial charge on any atom is 0.335 e. The van der Waals surface area contributed by atoms with Gasteiger partial charge < -0.3 is 0 Å². The number of hydrogen-bond donors (Lipinski definition) is 1. The Morgan fingerprint density at radius 1 is 1.19 bits per heavy atom. The van der Waals surface area contributed by atoms with E-state index in [0.29, 0.717) is 24.7 Å². The van der Waals surface area contributed by atoms with E-state index in [4.69, 9.17) is 0 Å². The molecule has 1 unspecified atom stereocenters. The lowest BCUT2D eigenvalue weighted by Crippen LogP contribution is -2.37. The Kier molecular flexibility index (Phi) is 5.94. The molecule has 3 aromatic heterocycles. The zero-order chi connectivity index (χ0) is 25.3. The summed E-state index contributed by atoms with van der Waals surface area (Å²) in [6, 6.07) is 8.03. The molecule has 1 aliphatic rings. The molecule has 1 atom stereocenters. The molecule has 0 fully saturated rings. The van der Waals surface area contributed by atoms with Gasteiger partial charge in [-0.2, -0.15) is 5.21 Å². The third-order valence-electron chi connectivity index (χ3n) is 6.39. The number of benzene rings is 1. The second-order valence-electron chi connectivity index (χ2n) is 9.99. The van der Waals surface area contributed by atoms with Crippen LogP contribution in [-0.2, 0) is 23.9 Å². The molecule has 0 bridgehead atoms. The van der Waals surface area contributed by atoms with Crippen molar-refractivity contribution in [2.45, 2.75) is 64.5 Å². The quantitative estimate of drug-likeness (QED) is 0.423. The van der Waals surface area contributed by atoms with Crippen molar-refractivity contribution in [3.05, 3.63) is 64.5 Å². The Balaban J connectivity index is 1.62. The molecule has 0 saturated heterocycles. The van der Waals surface area contributed by atoms with E-state index >= 15 is 0 Å². The highest BCUT2D eigenvalue weighted by atomic mass is 16.2. The molecule has 12 nitrogen and oxygen atoms in total. The molecule has 12 heteroatoms. The Hall–Kier alpha value is -4.22. The number of imidazole rings is 1. The number of H-pyrrole nitrogens is 1. The first-order valence-corrected chi connectivity index (χ1v) is 12.0. The number of aromatic amines is 1. The van der Waals surface area contributed by atoms with Gasteiger partial charge in [-0.05, 0) is 60.9 Å². The van der Waals surface area contributed by atoms with Gasteiger partial charge >= 0.3 is 5.69 Å². The molecule has 4 aromatic rings. The zero-order valence-corrected chi connectivity index (χ0v) is 20.8. The van der Waals surface area contributed by atoms with E-state index in [2.05, 4.69) is 66.3 Å². The van der Waals surface area contributed by atoms with Gasteiger partial charge in [-0.3, -0.25) is 9.56 Å². The van der Waals surface area contributed by atoms with Crippen LogP contribution >= 0.6 is 0 Å². The second-order valence-corrected chi connectivity index (χ2v) is 9.99. The fourth-order valence-electron chi connectivity index (χ4n) is 4.55. The maximum absolute atomic E-state index is 13.9. The van der Waals surface area contributed by atoms with E-state index < -0.39 is 5.41 Å². The highest BCUT2D eigenvalue weighted by molar-refractivity contribution is 5.65. The van der Waals surface area contributed by atoms with Gasteiger partial charge in [-0.15, -0.1) is 10.2 Å². The first-order chi connectivity index (χ1) is 17.3. The SMILES string of the molecule is CCCc1cn(-c2nnnn2C(C)(C)C)c(=O)n1CC1(c2cccc(-c3nn[nH]n3)c2)C=CN=CC1. The molecular formula is C24H29N11O. The van der Waals surface area contributed by atoms with Crippen LogP contribution in [-0.4, -0.2) is 56.2 Å². The van der Waals surface area contributed by atoms with Gasteiger partial charge in [0.05, 0.1) is 5.54 Å². The summed E-state index contributed by atoms with van der Waals surface area (Å²) in [5.41, 5.74) is 1.76. The molecule has 0 spiro atoms. The van der Waals surface area contributed by atoms with Crippen molar-refractivity contribution in [1.29, 1.82) is 0 Å². The monoisotopic (exact) mass is 487 g/mol. The van der Waals surface area contributed by atoms with Crippen LogP contribution in [0.25, 0.3) is 17.3 Å². The summed E-state index contributed by atoms with van der Waals surface area (Å²) < 4.78 is 5.07. The Morgan fingerprint density at radius 2 is 2.06 bits per heavy atom. The molecule has 4 heterocycles. The van der Waals surface area contributed by atoms with Crippen LogP contribution in [0, 0.1) is 0 Å². The fourth-order valence-corrected chi connectivity index (χ4v) is 4.55. The number of nitrogens with zero attached hydrogens (tertiary/aromatic N) is 10. The largest absolute Gasteiger partial charge is 0.335 e. The average Bonchev–Trinajstić information content (AvgIpc) is 3.62. The van der Waals surface area contributed by atoms with Crippen LogP contribution in [0.3, 0.4) is 0 Å². The molecule has 36 heavy (non-hydrogen) atoms. The highest BCUT2D eigenvalue weighted by Crippen LogP contribution is 2.35. The smallest absolute Gasteiger partial charge is 0.295 e. The predicted molar refractivity (Wildman–Crippen MR) is 134 cm³/mol. The number of hydrogen-bond acceptors (Lipinski definition) is 8. The van der Waals surface area contributed by atoms with Crippen LogP contribution in [0.15, 0.2) is 52.5 Å². The molecule has 0 aliphatic carbocycles. The van der Waals surface area contributed by atoms with E-state index in [0.717, 1.165) is 29.7 Å². The lowest BCUT2D eigenvalue weighted by atomic mass is 9.76. The molecule has 5 rings (SSSR count).